The molecule has 1 heterocycles. The van der Waals surface area contributed by atoms with E-state index in [4.69, 9.17) is 11.6 Å². The van der Waals surface area contributed by atoms with Crippen molar-refractivity contribution in [2.75, 3.05) is 5.32 Å². The summed E-state index contributed by atoms with van der Waals surface area (Å²) < 4.78 is 2.86. The number of hydrogen-bond donors (Lipinski definition) is 1. The predicted molar refractivity (Wildman–Crippen MR) is 90.0 cm³/mol. The number of nitrogens with one attached hydrogen (secondary N) is 1. The third kappa shape index (κ3) is 3.46. The largest absolute Gasteiger partial charge is 0.380 e. The van der Waals surface area contributed by atoms with Gasteiger partial charge in [-0.2, -0.15) is 5.10 Å². The molecule has 0 saturated heterocycles. The van der Waals surface area contributed by atoms with Crippen molar-refractivity contribution in [3.05, 3.63) is 76.0 Å². The Morgan fingerprint density at radius 3 is 2.76 bits per heavy atom. The summed E-state index contributed by atoms with van der Waals surface area (Å²) in [5.41, 5.74) is 3.04. The summed E-state index contributed by atoms with van der Waals surface area (Å²) in [6, 6.07) is 15.8. The summed E-state index contributed by atoms with van der Waals surface area (Å²) in [5.74, 6) is 0. The second-order valence-electron chi connectivity index (χ2n) is 4.61. The van der Waals surface area contributed by atoms with Gasteiger partial charge in [-0.25, -0.2) is 4.68 Å². The van der Waals surface area contributed by atoms with E-state index in [0.717, 1.165) is 21.4 Å². The molecule has 0 unspecified atom stereocenters. The first-order valence-corrected chi connectivity index (χ1v) is 7.67. The van der Waals surface area contributed by atoms with E-state index >= 15 is 0 Å². The van der Waals surface area contributed by atoms with Crippen LogP contribution in [-0.2, 0) is 6.54 Å². The van der Waals surface area contributed by atoms with Crippen molar-refractivity contribution in [3.8, 4) is 5.69 Å². The Balaban J connectivity index is 1.72. The number of aromatic nitrogens is 2. The number of hydrogen-bond acceptors (Lipinski definition) is 2. The highest BCUT2D eigenvalue weighted by Gasteiger charge is 2.03. The molecule has 0 aliphatic carbocycles. The number of halogens is 2. The lowest BCUT2D eigenvalue weighted by atomic mass is 10.3. The zero-order valence-corrected chi connectivity index (χ0v) is 13.5. The minimum atomic E-state index is 0.670. The molecule has 106 valence electrons. The maximum atomic E-state index is 6.16. The van der Waals surface area contributed by atoms with Gasteiger partial charge in [0.15, 0.2) is 0 Å². The molecule has 1 aromatic heterocycles. The van der Waals surface area contributed by atoms with Gasteiger partial charge in [-0.1, -0.05) is 45.7 Å². The molecule has 3 rings (SSSR count). The maximum Gasteiger partial charge on any atom is 0.0645 e. The number of rotatable bonds is 4. The van der Waals surface area contributed by atoms with Gasteiger partial charge in [0.25, 0.3) is 0 Å². The third-order valence-corrected chi connectivity index (χ3v) is 3.89. The zero-order valence-electron chi connectivity index (χ0n) is 11.1. The van der Waals surface area contributed by atoms with Gasteiger partial charge in [0, 0.05) is 22.8 Å². The SMILES string of the molecule is Clc1ccc(Br)cc1NCc1cnn(-c2ccccc2)c1. The summed E-state index contributed by atoms with van der Waals surface area (Å²) in [6.07, 6.45) is 3.86. The highest BCUT2D eigenvalue weighted by atomic mass is 79.9. The van der Waals surface area contributed by atoms with E-state index < -0.39 is 0 Å². The van der Waals surface area contributed by atoms with Gasteiger partial charge in [-0.15, -0.1) is 0 Å². The van der Waals surface area contributed by atoms with Crippen molar-refractivity contribution in [2.24, 2.45) is 0 Å². The van der Waals surface area contributed by atoms with Gasteiger partial charge in [-0.3, -0.25) is 0 Å². The summed E-state index contributed by atoms with van der Waals surface area (Å²) >= 11 is 9.60. The standard InChI is InChI=1S/C16H13BrClN3/c17-13-6-7-15(18)16(8-13)19-9-12-10-20-21(11-12)14-4-2-1-3-5-14/h1-8,10-11,19H,9H2. The number of para-hydroxylation sites is 1. The summed E-state index contributed by atoms with van der Waals surface area (Å²) in [6.45, 7) is 0.670. The summed E-state index contributed by atoms with van der Waals surface area (Å²) in [7, 11) is 0. The van der Waals surface area contributed by atoms with Crippen LogP contribution in [0.2, 0.25) is 5.02 Å². The fourth-order valence-corrected chi connectivity index (χ4v) is 2.55. The predicted octanol–water partition coefficient (Wildman–Crippen LogP) is 4.90. The quantitative estimate of drug-likeness (QED) is 0.715. The first kappa shape index (κ1) is 14.2. The Labute approximate surface area is 136 Å². The first-order chi connectivity index (χ1) is 10.2. The molecule has 0 aliphatic rings. The van der Waals surface area contributed by atoms with Gasteiger partial charge in [0.1, 0.15) is 0 Å². The average molecular weight is 363 g/mol. The fraction of sp³-hybridized carbons (Fsp3) is 0.0625. The second-order valence-corrected chi connectivity index (χ2v) is 5.93. The van der Waals surface area contributed by atoms with Gasteiger partial charge < -0.3 is 5.32 Å². The molecule has 5 heteroatoms. The van der Waals surface area contributed by atoms with Crippen molar-refractivity contribution < 1.29 is 0 Å². The monoisotopic (exact) mass is 361 g/mol. The molecule has 0 radical (unpaired) electrons. The first-order valence-electron chi connectivity index (χ1n) is 6.50. The van der Waals surface area contributed by atoms with Crippen LogP contribution in [0.15, 0.2) is 65.4 Å². The molecule has 1 N–H and O–H groups in total. The van der Waals surface area contributed by atoms with Crippen LogP contribution in [0.5, 0.6) is 0 Å². The molecule has 3 nitrogen and oxygen atoms in total. The van der Waals surface area contributed by atoms with Crippen LogP contribution >= 0.6 is 27.5 Å². The van der Waals surface area contributed by atoms with Crippen molar-refractivity contribution in [1.82, 2.24) is 9.78 Å². The lowest BCUT2D eigenvalue weighted by molar-refractivity contribution is 0.880. The van der Waals surface area contributed by atoms with Gasteiger partial charge in [-0.05, 0) is 30.3 Å². The van der Waals surface area contributed by atoms with Gasteiger partial charge in [0.05, 0.1) is 22.6 Å². The van der Waals surface area contributed by atoms with Crippen LogP contribution < -0.4 is 5.32 Å². The lowest BCUT2D eigenvalue weighted by Crippen LogP contribution is -1.99. The molecule has 0 spiro atoms. The molecule has 0 saturated carbocycles. The zero-order chi connectivity index (χ0) is 14.7. The smallest absolute Gasteiger partial charge is 0.0645 e. The van der Waals surface area contributed by atoms with Crippen molar-refractivity contribution in [2.45, 2.75) is 6.54 Å². The van der Waals surface area contributed by atoms with E-state index in [1.165, 1.54) is 0 Å². The number of nitrogens with zero attached hydrogens (tertiary/aromatic N) is 2. The van der Waals surface area contributed by atoms with E-state index in [9.17, 15) is 0 Å². The van der Waals surface area contributed by atoms with E-state index in [-0.39, 0.29) is 0 Å². The van der Waals surface area contributed by atoms with Crippen LogP contribution in [-0.4, -0.2) is 9.78 Å². The summed E-state index contributed by atoms with van der Waals surface area (Å²) in [4.78, 5) is 0. The molecule has 0 fully saturated rings. The number of anilines is 1. The Hall–Kier alpha value is -1.78. The Bertz CT molecular complexity index is 740. The van der Waals surface area contributed by atoms with Crippen LogP contribution in [0.1, 0.15) is 5.56 Å². The van der Waals surface area contributed by atoms with Crippen LogP contribution in [0, 0.1) is 0 Å². The maximum absolute atomic E-state index is 6.16. The minimum Gasteiger partial charge on any atom is -0.380 e. The van der Waals surface area contributed by atoms with Crippen LogP contribution in [0.25, 0.3) is 5.69 Å². The second kappa shape index (κ2) is 6.33. The Morgan fingerprint density at radius 1 is 1.14 bits per heavy atom. The minimum absolute atomic E-state index is 0.670. The molecule has 0 aliphatic heterocycles. The molecule has 3 aromatic rings. The molecular weight excluding hydrogens is 350 g/mol. The number of benzene rings is 2. The topological polar surface area (TPSA) is 29.9 Å². The van der Waals surface area contributed by atoms with Gasteiger partial charge >= 0.3 is 0 Å². The highest BCUT2D eigenvalue weighted by molar-refractivity contribution is 9.10. The van der Waals surface area contributed by atoms with Crippen molar-refractivity contribution in [1.29, 1.82) is 0 Å². The Kier molecular flexibility index (Phi) is 4.27. The molecule has 0 bridgehead atoms. The lowest BCUT2D eigenvalue weighted by Gasteiger charge is -2.07. The van der Waals surface area contributed by atoms with E-state index in [2.05, 4.69) is 26.3 Å². The molecule has 0 atom stereocenters. The van der Waals surface area contributed by atoms with Crippen molar-refractivity contribution in [3.63, 3.8) is 0 Å². The molecular formula is C16H13BrClN3. The van der Waals surface area contributed by atoms with Crippen molar-refractivity contribution >= 4 is 33.2 Å². The molecule has 2 aromatic carbocycles. The summed E-state index contributed by atoms with van der Waals surface area (Å²) in [5, 5.41) is 8.40. The van der Waals surface area contributed by atoms with Crippen LogP contribution in [0.3, 0.4) is 0 Å². The average Bonchev–Trinajstić information content (AvgIpc) is 2.98. The third-order valence-electron chi connectivity index (χ3n) is 3.07. The van der Waals surface area contributed by atoms with Gasteiger partial charge in [0.2, 0.25) is 0 Å². The van der Waals surface area contributed by atoms with E-state index in [1.54, 1.807) is 0 Å². The van der Waals surface area contributed by atoms with Crippen LogP contribution in [0.4, 0.5) is 5.69 Å². The van der Waals surface area contributed by atoms with E-state index in [1.807, 2.05) is 65.6 Å². The normalized spacial score (nSPS) is 10.6. The fourth-order valence-electron chi connectivity index (χ4n) is 2.00. The molecule has 21 heavy (non-hydrogen) atoms. The van der Waals surface area contributed by atoms with E-state index in [0.29, 0.717) is 11.6 Å². The molecule has 0 amide bonds. The Morgan fingerprint density at radius 2 is 1.95 bits per heavy atom. The highest BCUT2D eigenvalue weighted by Crippen LogP contribution is 2.26.